The van der Waals surface area contributed by atoms with Gasteiger partial charge in [-0.15, -0.1) is 0 Å². The van der Waals surface area contributed by atoms with Gasteiger partial charge in [0.05, 0.1) is 13.2 Å². The van der Waals surface area contributed by atoms with Crippen molar-refractivity contribution in [1.82, 2.24) is 9.80 Å². The second-order valence-corrected chi connectivity index (χ2v) is 5.17. The molecule has 0 saturated heterocycles. The summed E-state index contributed by atoms with van der Waals surface area (Å²) in [5.41, 5.74) is 0. The van der Waals surface area contributed by atoms with Crippen LogP contribution in [0.15, 0.2) is 0 Å². The maximum Gasteiger partial charge on any atom is 0.0558 e. The summed E-state index contributed by atoms with van der Waals surface area (Å²) in [6, 6.07) is 1.29. The molecule has 1 aliphatic rings. The monoisotopic (exact) mass is 258 g/mol. The number of hydrogen-bond donors (Lipinski definition) is 2. The Morgan fingerprint density at radius 1 is 0.778 bits per heavy atom. The summed E-state index contributed by atoms with van der Waals surface area (Å²) in [4.78, 5) is 4.80. The Bertz CT molecular complexity index is 196. The molecule has 18 heavy (non-hydrogen) atoms. The minimum absolute atomic E-state index is 0.190. The van der Waals surface area contributed by atoms with Crippen molar-refractivity contribution in [2.75, 3.05) is 39.4 Å². The predicted molar refractivity (Wildman–Crippen MR) is 74.7 cm³/mol. The van der Waals surface area contributed by atoms with Gasteiger partial charge in [0.1, 0.15) is 0 Å². The van der Waals surface area contributed by atoms with Gasteiger partial charge in [0.15, 0.2) is 0 Å². The van der Waals surface area contributed by atoms with Gasteiger partial charge in [0.2, 0.25) is 0 Å². The lowest BCUT2D eigenvalue weighted by Crippen LogP contribution is -2.45. The van der Waals surface area contributed by atoms with Gasteiger partial charge in [-0.25, -0.2) is 0 Å². The Labute approximate surface area is 112 Å². The van der Waals surface area contributed by atoms with Crippen LogP contribution in [0.3, 0.4) is 0 Å². The molecule has 0 radical (unpaired) electrons. The van der Waals surface area contributed by atoms with Crippen LogP contribution >= 0.6 is 0 Å². The van der Waals surface area contributed by atoms with E-state index in [1.807, 2.05) is 0 Å². The molecule has 0 bridgehead atoms. The SMILES string of the molecule is CCN(CC)C1CCC(N(CCO)CCO)CC1. The molecule has 1 fully saturated rings. The maximum absolute atomic E-state index is 9.08. The van der Waals surface area contributed by atoms with Crippen LogP contribution in [0.5, 0.6) is 0 Å². The lowest BCUT2D eigenvalue weighted by atomic mass is 9.89. The minimum Gasteiger partial charge on any atom is -0.395 e. The average Bonchev–Trinajstić information content (AvgIpc) is 2.41. The van der Waals surface area contributed by atoms with Gasteiger partial charge in [-0.2, -0.15) is 0 Å². The quantitative estimate of drug-likeness (QED) is 0.680. The van der Waals surface area contributed by atoms with Crippen LogP contribution in [0.25, 0.3) is 0 Å². The summed E-state index contributed by atoms with van der Waals surface area (Å²) in [6.45, 7) is 8.53. The molecule has 4 nitrogen and oxygen atoms in total. The fourth-order valence-corrected chi connectivity index (χ4v) is 3.26. The summed E-state index contributed by atoms with van der Waals surface area (Å²) in [5.74, 6) is 0. The number of nitrogens with zero attached hydrogens (tertiary/aromatic N) is 2. The summed E-state index contributed by atoms with van der Waals surface area (Å²) in [5, 5.41) is 18.2. The first-order valence-electron chi connectivity index (χ1n) is 7.46. The topological polar surface area (TPSA) is 46.9 Å². The van der Waals surface area contributed by atoms with Crippen LogP contribution in [0.1, 0.15) is 39.5 Å². The third-order valence-electron chi connectivity index (χ3n) is 4.29. The summed E-state index contributed by atoms with van der Waals surface area (Å²) >= 11 is 0. The molecule has 0 unspecified atom stereocenters. The van der Waals surface area contributed by atoms with Crippen molar-refractivity contribution in [1.29, 1.82) is 0 Å². The molecule has 0 amide bonds. The highest BCUT2D eigenvalue weighted by atomic mass is 16.3. The van der Waals surface area contributed by atoms with E-state index < -0.39 is 0 Å². The molecular weight excluding hydrogens is 228 g/mol. The Morgan fingerprint density at radius 3 is 1.50 bits per heavy atom. The van der Waals surface area contributed by atoms with Gasteiger partial charge in [-0.3, -0.25) is 4.90 Å². The zero-order chi connectivity index (χ0) is 13.4. The fraction of sp³-hybridized carbons (Fsp3) is 1.00. The third kappa shape index (κ3) is 4.50. The van der Waals surface area contributed by atoms with Crippen molar-refractivity contribution >= 4 is 0 Å². The molecule has 1 aliphatic carbocycles. The van der Waals surface area contributed by atoms with E-state index in [1.54, 1.807) is 0 Å². The standard InChI is InChI=1S/C14H30N2O2/c1-3-15(4-2)13-5-7-14(8-6-13)16(9-11-17)10-12-18/h13-14,17-18H,3-12H2,1-2H3. The molecule has 0 aliphatic heterocycles. The first kappa shape index (κ1) is 15.9. The van der Waals surface area contributed by atoms with E-state index in [4.69, 9.17) is 10.2 Å². The zero-order valence-electron chi connectivity index (χ0n) is 12.0. The first-order valence-corrected chi connectivity index (χ1v) is 7.46. The van der Waals surface area contributed by atoms with E-state index in [2.05, 4.69) is 23.6 Å². The van der Waals surface area contributed by atoms with Crippen molar-refractivity contribution in [3.63, 3.8) is 0 Å². The van der Waals surface area contributed by atoms with Gasteiger partial charge >= 0.3 is 0 Å². The highest BCUT2D eigenvalue weighted by Crippen LogP contribution is 2.26. The highest BCUT2D eigenvalue weighted by molar-refractivity contribution is 4.83. The van der Waals surface area contributed by atoms with Gasteiger partial charge in [-0.05, 0) is 38.8 Å². The minimum atomic E-state index is 0.190. The van der Waals surface area contributed by atoms with Gasteiger partial charge in [0.25, 0.3) is 0 Å². The van der Waals surface area contributed by atoms with Crippen LogP contribution in [-0.4, -0.2) is 71.5 Å². The number of aliphatic hydroxyl groups excluding tert-OH is 2. The molecule has 0 aromatic heterocycles. The van der Waals surface area contributed by atoms with Crippen molar-refractivity contribution in [3.8, 4) is 0 Å². The van der Waals surface area contributed by atoms with Gasteiger partial charge < -0.3 is 15.1 Å². The van der Waals surface area contributed by atoms with Crippen LogP contribution in [0, 0.1) is 0 Å². The Balaban J connectivity index is 2.41. The van der Waals surface area contributed by atoms with Crippen molar-refractivity contribution in [3.05, 3.63) is 0 Å². The second kappa shape index (κ2) is 8.86. The Hall–Kier alpha value is -0.160. The number of hydrogen-bond acceptors (Lipinski definition) is 4. The molecule has 108 valence electrons. The first-order chi connectivity index (χ1) is 8.76. The number of rotatable bonds is 8. The van der Waals surface area contributed by atoms with E-state index in [1.165, 1.54) is 25.7 Å². The van der Waals surface area contributed by atoms with E-state index in [-0.39, 0.29) is 13.2 Å². The van der Waals surface area contributed by atoms with Gasteiger partial charge in [0, 0.05) is 25.2 Å². The molecule has 0 heterocycles. The zero-order valence-corrected chi connectivity index (χ0v) is 12.0. The molecule has 0 aromatic carbocycles. The van der Waals surface area contributed by atoms with Crippen molar-refractivity contribution in [2.24, 2.45) is 0 Å². The van der Waals surface area contributed by atoms with Crippen molar-refractivity contribution in [2.45, 2.75) is 51.6 Å². The van der Waals surface area contributed by atoms with E-state index in [9.17, 15) is 0 Å². The van der Waals surface area contributed by atoms with Crippen LogP contribution < -0.4 is 0 Å². The normalized spacial score (nSPS) is 25.0. The predicted octanol–water partition coefficient (Wildman–Crippen LogP) is 0.926. The van der Waals surface area contributed by atoms with E-state index in [0.29, 0.717) is 19.1 Å². The average molecular weight is 258 g/mol. The summed E-state index contributed by atoms with van der Waals surface area (Å²) < 4.78 is 0. The smallest absolute Gasteiger partial charge is 0.0558 e. The fourth-order valence-electron chi connectivity index (χ4n) is 3.26. The molecule has 0 atom stereocenters. The van der Waals surface area contributed by atoms with E-state index >= 15 is 0 Å². The maximum atomic E-state index is 9.08. The molecule has 1 saturated carbocycles. The van der Waals surface area contributed by atoms with Crippen LogP contribution in [0.4, 0.5) is 0 Å². The summed E-state index contributed by atoms with van der Waals surface area (Å²) in [7, 11) is 0. The van der Waals surface area contributed by atoms with Gasteiger partial charge in [-0.1, -0.05) is 13.8 Å². The highest BCUT2D eigenvalue weighted by Gasteiger charge is 2.27. The van der Waals surface area contributed by atoms with Crippen LogP contribution in [0.2, 0.25) is 0 Å². The molecular formula is C14H30N2O2. The molecule has 0 spiro atoms. The summed E-state index contributed by atoms with van der Waals surface area (Å²) in [6.07, 6.45) is 4.89. The van der Waals surface area contributed by atoms with E-state index in [0.717, 1.165) is 19.1 Å². The Kier molecular flexibility index (Phi) is 7.82. The van der Waals surface area contributed by atoms with Crippen molar-refractivity contribution < 1.29 is 10.2 Å². The molecule has 1 rings (SSSR count). The number of aliphatic hydroxyl groups is 2. The van der Waals surface area contributed by atoms with Crippen LogP contribution in [-0.2, 0) is 0 Å². The molecule has 2 N–H and O–H groups in total. The third-order valence-corrected chi connectivity index (χ3v) is 4.29. The molecule has 0 aromatic rings. The second-order valence-electron chi connectivity index (χ2n) is 5.17. The molecule has 4 heteroatoms. The Morgan fingerprint density at radius 2 is 1.17 bits per heavy atom. The lowest BCUT2D eigenvalue weighted by Gasteiger charge is -2.40. The lowest BCUT2D eigenvalue weighted by molar-refractivity contribution is 0.0736. The largest absolute Gasteiger partial charge is 0.395 e.